The van der Waals surface area contributed by atoms with E-state index in [-0.39, 0.29) is 24.9 Å². The van der Waals surface area contributed by atoms with Gasteiger partial charge in [-0.2, -0.15) is 0 Å². The van der Waals surface area contributed by atoms with Gasteiger partial charge in [0.2, 0.25) is 5.91 Å². The number of carbonyl (C=O) groups excluding carboxylic acids is 1. The van der Waals surface area contributed by atoms with Crippen molar-refractivity contribution in [2.24, 2.45) is 5.92 Å². The third kappa shape index (κ3) is 6.79. The second-order valence-electron chi connectivity index (χ2n) is 5.50. The SMILES string of the molecule is Cc1ccc(OCCC(=O)N[C@@H](CC(C)C)C(=O)O)cc1. The van der Waals surface area contributed by atoms with Gasteiger partial charge in [0.05, 0.1) is 13.0 Å². The molecule has 0 saturated carbocycles. The molecule has 1 rings (SSSR count). The number of rotatable bonds is 8. The summed E-state index contributed by atoms with van der Waals surface area (Å²) < 4.78 is 5.45. The fraction of sp³-hybridized carbons (Fsp3) is 0.500. The Morgan fingerprint density at radius 3 is 2.38 bits per heavy atom. The van der Waals surface area contributed by atoms with Gasteiger partial charge in [0.15, 0.2) is 0 Å². The van der Waals surface area contributed by atoms with Crippen LogP contribution < -0.4 is 10.1 Å². The van der Waals surface area contributed by atoms with Crippen molar-refractivity contribution in [3.8, 4) is 5.75 Å². The highest BCUT2D eigenvalue weighted by Crippen LogP contribution is 2.11. The molecular weight excluding hydrogens is 270 g/mol. The molecule has 2 N–H and O–H groups in total. The molecule has 0 radical (unpaired) electrons. The molecule has 116 valence electrons. The smallest absolute Gasteiger partial charge is 0.326 e. The molecule has 5 nitrogen and oxygen atoms in total. The minimum Gasteiger partial charge on any atom is -0.493 e. The molecule has 1 aromatic carbocycles. The van der Waals surface area contributed by atoms with Gasteiger partial charge in [-0.25, -0.2) is 4.79 Å². The highest BCUT2D eigenvalue weighted by atomic mass is 16.5. The fourth-order valence-electron chi connectivity index (χ4n) is 1.86. The van der Waals surface area contributed by atoms with Crippen LogP contribution in [0.1, 0.15) is 32.3 Å². The summed E-state index contributed by atoms with van der Waals surface area (Å²) in [6.07, 6.45) is 0.551. The van der Waals surface area contributed by atoms with Crippen LogP contribution in [0.2, 0.25) is 0 Å². The van der Waals surface area contributed by atoms with E-state index in [4.69, 9.17) is 9.84 Å². The number of carbonyl (C=O) groups is 2. The summed E-state index contributed by atoms with van der Waals surface area (Å²) in [6, 6.07) is 6.70. The molecule has 0 unspecified atom stereocenters. The zero-order chi connectivity index (χ0) is 15.8. The van der Waals surface area contributed by atoms with Crippen LogP contribution in [0.5, 0.6) is 5.75 Å². The highest BCUT2D eigenvalue weighted by Gasteiger charge is 2.20. The Labute approximate surface area is 125 Å². The number of nitrogens with one attached hydrogen (secondary N) is 1. The summed E-state index contributed by atoms with van der Waals surface area (Å²) in [6.45, 7) is 6.05. The normalized spacial score (nSPS) is 12.0. The molecule has 0 spiro atoms. The van der Waals surface area contributed by atoms with Crippen molar-refractivity contribution in [1.82, 2.24) is 5.32 Å². The second-order valence-corrected chi connectivity index (χ2v) is 5.50. The Balaban J connectivity index is 2.35. The average molecular weight is 293 g/mol. The second kappa shape index (κ2) is 8.29. The Kier molecular flexibility index (Phi) is 6.72. The topological polar surface area (TPSA) is 75.6 Å². The lowest BCUT2D eigenvalue weighted by Gasteiger charge is -2.16. The van der Waals surface area contributed by atoms with Crippen LogP contribution in [-0.2, 0) is 9.59 Å². The molecular formula is C16H23NO4. The van der Waals surface area contributed by atoms with Gasteiger partial charge in [0, 0.05) is 0 Å². The minimum atomic E-state index is -1.00. The predicted molar refractivity (Wildman–Crippen MR) is 80.3 cm³/mol. The molecule has 21 heavy (non-hydrogen) atoms. The lowest BCUT2D eigenvalue weighted by Crippen LogP contribution is -2.42. The molecule has 0 saturated heterocycles. The molecule has 0 bridgehead atoms. The number of carboxylic acid groups (broad SMARTS) is 1. The van der Waals surface area contributed by atoms with Crippen LogP contribution in [-0.4, -0.2) is 29.6 Å². The Morgan fingerprint density at radius 1 is 1.24 bits per heavy atom. The van der Waals surface area contributed by atoms with Crippen LogP contribution in [0.15, 0.2) is 24.3 Å². The van der Waals surface area contributed by atoms with Gasteiger partial charge in [0.1, 0.15) is 11.8 Å². The van der Waals surface area contributed by atoms with E-state index in [1.54, 1.807) is 0 Å². The summed E-state index contributed by atoms with van der Waals surface area (Å²) in [4.78, 5) is 22.8. The predicted octanol–water partition coefficient (Wildman–Crippen LogP) is 2.38. The van der Waals surface area contributed by atoms with Crippen LogP contribution in [0.4, 0.5) is 0 Å². The van der Waals surface area contributed by atoms with Gasteiger partial charge >= 0.3 is 5.97 Å². The Morgan fingerprint density at radius 2 is 1.86 bits per heavy atom. The zero-order valence-corrected chi connectivity index (χ0v) is 12.8. The van der Waals surface area contributed by atoms with Gasteiger partial charge in [-0.3, -0.25) is 4.79 Å². The highest BCUT2D eigenvalue weighted by molar-refractivity contribution is 5.83. The van der Waals surface area contributed by atoms with E-state index >= 15 is 0 Å². The van der Waals surface area contributed by atoms with E-state index in [0.29, 0.717) is 12.2 Å². The van der Waals surface area contributed by atoms with Crippen LogP contribution in [0.25, 0.3) is 0 Å². The lowest BCUT2D eigenvalue weighted by molar-refractivity contribution is -0.142. The van der Waals surface area contributed by atoms with Gasteiger partial charge in [-0.05, 0) is 31.4 Å². The van der Waals surface area contributed by atoms with Crippen molar-refractivity contribution < 1.29 is 19.4 Å². The third-order valence-corrected chi connectivity index (χ3v) is 2.96. The maximum absolute atomic E-state index is 11.7. The summed E-state index contributed by atoms with van der Waals surface area (Å²) in [5.74, 6) is -0.410. The van der Waals surface area contributed by atoms with Crippen molar-refractivity contribution in [2.75, 3.05) is 6.61 Å². The van der Waals surface area contributed by atoms with Crippen LogP contribution in [0.3, 0.4) is 0 Å². The third-order valence-electron chi connectivity index (χ3n) is 2.96. The van der Waals surface area contributed by atoms with Gasteiger partial charge in [-0.1, -0.05) is 31.5 Å². The summed E-state index contributed by atoms with van der Waals surface area (Å²) in [7, 11) is 0. The molecule has 1 aromatic rings. The largest absolute Gasteiger partial charge is 0.493 e. The first-order valence-corrected chi connectivity index (χ1v) is 7.10. The summed E-state index contributed by atoms with van der Waals surface area (Å²) in [5, 5.41) is 11.6. The molecule has 0 aliphatic carbocycles. The molecule has 0 aliphatic heterocycles. The summed E-state index contributed by atoms with van der Waals surface area (Å²) in [5.41, 5.74) is 1.14. The van der Waals surface area contributed by atoms with E-state index in [1.807, 2.05) is 45.0 Å². The van der Waals surface area contributed by atoms with Gasteiger partial charge in [-0.15, -0.1) is 0 Å². The monoisotopic (exact) mass is 293 g/mol. The van der Waals surface area contributed by atoms with Gasteiger partial charge < -0.3 is 15.2 Å². The van der Waals surface area contributed by atoms with Gasteiger partial charge in [0.25, 0.3) is 0 Å². The van der Waals surface area contributed by atoms with Crippen LogP contribution >= 0.6 is 0 Å². The van der Waals surface area contributed by atoms with E-state index in [2.05, 4.69) is 5.32 Å². The van der Waals surface area contributed by atoms with E-state index in [0.717, 1.165) is 5.56 Å². The van der Waals surface area contributed by atoms with Crippen molar-refractivity contribution in [3.05, 3.63) is 29.8 Å². The van der Waals surface area contributed by atoms with Crippen molar-refractivity contribution in [3.63, 3.8) is 0 Å². The van der Waals surface area contributed by atoms with Crippen molar-refractivity contribution in [1.29, 1.82) is 0 Å². The first-order chi connectivity index (χ1) is 9.88. The maximum Gasteiger partial charge on any atom is 0.326 e. The standard InChI is InChI=1S/C16H23NO4/c1-11(2)10-14(16(19)20)17-15(18)8-9-21-13-6-4-12(3)5-7-13/h4-7,11,14H,8-10H2,1-3H3,(H,17,18)(H,19,20)/t14-/m0/s1. The zero-order valence-electron chi connectivity index (χ0n) is 12.8. The average Bonchev–Trinajstić information content (AvgIpc) is 2.39. The lowest BCUT2D eigenvalue weighted by atomic mass is 10.0. The minimum absolute atomic E-state index is 0.135. The molecule has 5 heteroatoms. The first-order valence-electron chi connectivity index (χ1n) is 7.10. The van der Waals surface area contributed by atoms with E-state index in [1.165, 1.54) is 0 Å². The molecule has 1 amide bonds. The van der Waals surface area contributed by atoms with E-state index < -0.39 is 12.0 Å². The number of hydrogen-bond acceptors (Lipinski definition) is 3. The number of ether oxygens (including phenoxy) is 1. The Hall–Kier alpha value is -2.04. The molecule has 0 aromatic heterocycles. The number of aliphatic carboxylic acids is 1. The Bertz CT molecular complexity index is 468. The van der Waals surface area contributed by atoms with Crippen molar-refractivity contribution >= 4 is 11.9 Å². The fourth-order valence-corrected chi connectivity index (χ4v) is 1.86. The molecule has 0 fully saturated rings. The summed E-state index contributed by atoms with van der Waals surface area (Å²) >= 11 is 0. The number of carboxylic acids is 1. The van der Waals surface area contributed by atoms with E-state index in [9.17, 15) is 9.59 Å². The first kappa shape index (κ1) is 17.0. The number of hydrogen-bond donors (Lipinski definition) is 2. The maximum atomic E-state index is 11.7. The number of aryl methyl sites for hydroxylation is 1. The van der Waals surface area contributed by atoms with Crippen molar-refractivity contribution in [2.45, 2.75) is 39.7 Å². The molecule has 0 heterocycles. The number of benzene rings is 1. The molecule has 0 aliphatic rings. The molecule has 1 atom stereocenters. The quantitative estimate of drug-likeness (QED) is 0.771. The van der Waals surface area contributed by atoms with Crippen LogP contribution in [0, 0.1) is 12.8 Å². The number of amides is 1.